The fraction of sp³-hybridized carbons (Fsp3) is 0.667. The minimum atomic E-state index is 0. The SMILES string of the molecule is CC(C)[N-]CCC1=CC=CC1.C[N-]C.C[N-]C.[CH3-].[Ti+4]. The first-order chi connectivity index (χ1) is 8.12. The first kappa shape index (κ1) is 27.4. The van der Waals surface area contributed by atoms with E-state index < -0.39 is 0 Å². The van der Waals surface area contributed by atoms with E-state index in [1.54, 1.807) is 28.2 Å². The van der Waals surface area contributed by atoms with Crippen molar-refractivity contribution in [2.75, 3.05) is 34.7 Å². The topological polar surface area (TPSA) is 42.3 Å². The zero-order chi connectivity index (χ0) is 13.5. The van der Waals surface area contributed by atoms with Crippen LogP contribution >= 0.6 is 0 Å². The molecule has 1 aliphatic rings. The van der Waals surface area contributed by atoms with Gasteiger partial charge in [0.1, 0.15) is 0 Å². The standard InChI is InChI=1S/C10H16N.2C2H6N.CH3.Ti/c1-9(2)11-8-7-10-5-3-4-6-10;2*1-3-2;;/h3-5,9H,6-8H2,1-2H3;2*1-2H3;1H3;/q4*-1;+4. The van der Waals surface area contributed by atoms with Gasteiger partial charge in [-0.25, -0.2) is 0 Å². The Kier molecular flexibility index (Phi) is 33.5. The Morgan fingerprint density at radius 3 is 1.89 bits per heavy atom. The van der Waals surface area contributed by atoms with E-state index >= 15 is 0 Å². The average Bonchev–Trinajstić information content (AvgIpc) is 2.72. The minimum Gasteiger partial charge on any atom is -0.668 e. The molecule has 0 atom stereocenters. The molecule has 0 radical (unpaired) electrons. The van der Waals surface area contributed by atoms with Crippen molar-refractivity contribution in [2.45, 2.75) is 32.7 Å². The summed E-state index contributed by atoms with van der Waals surface area (Å²) < 4.78 is 0. The van der Waals surface area contributed by atoms with Gasteiger partial charge in [0, 0.05) is 0 Å². The first-order valence-electron chi connectivity index (χ1n) is 6.09. The summed E-state index contributed by atoms with van der Waals surface area (Å²) >= 11 is 0. The van der Waals surface area contributed by atoms with E-state index in [1.165, 1.54) is 5.57 Å². The van der Waals surface area contributed by atoms with E-state index in [0.717, 1.165) is 19.4 Å². The summed E-state index contributed by atoms with van der Waals surface area (Å²) in [6, 6.07) is 0.491. The van der Waals surface area contributed by atoms with Crippen molar-refractivity contribution in [3.05, 3.63) is 47.2 Å². The number of allylic oxidation sites excluding steroid dienone is 3. The zero-order valence-electron chi connectivity index (χ0n) is 13.8. The molecule has 19 heavy (non-hydrogen) atoms. The minimum absolute atomic E-state index is 0. The van der Waals surface area contributed by atoms with Gasteiger partial charge >= 0.3 is 21.7 Å². The number of nitrogens with zero attached hydrogens (tertiary/aromatic N) is 3. The molecular weight excluding hydrogens is 270 g/mol. The van der Waals surface area contributed by atoms with Gasteiger partial charge in [0.25, 0.3) is 0 Å². The van der Waals surface area contributed by atoms with Crippen LogP contribution in [0.4, 0.5) is 0 Å². The predicted molar refractivity (Wildman–Crippen MR) is 86.6 cm³/mol. The molecule has 0 aromatic rings. The van der Waals surface area contributed by atoms with Crippen LogP contribution in [0.15, 0.2) is 23.8 Å². The van der Waals surface area contributed by atoms with Crippen LogP contribution in [0.3, 0.4) is 0 Å². The Bertz CT molecular complexity index is 200. The fourth-order valence-electron chi connectivity index (χ4n) is 1.14. The van der Waals surface area contributed by atoms with Gasteiger partial charge in [0.05, 0.1) is 0 Å². The quantitative estimate of drug-likeness (QED) is 0.532. The van der Waals surface area contributed by atoms with Gasteiger partial charge in [-0.15, -0.1) is 12.6 Å². The summed E-state index contributed by atoms with van der Waals surface area (Å²) in [5, 5.41) is 11.4. The molecule has 0 N–H and O–H groups in total. The van der Waals surface area contributed by atoms with Gasteiger partial charge in [0.2, 0.25) is 0 Å². The molecule has 0 amide bonds. The Morgan fingerprint density at radius 2 is 1.58 bits per heavy atom. The van der Waals surface area contributed by atoms with Gasteiger partial charge in [-0.2, -0.15) is 28.2 Å². The predicted octanol–water partition coefficient (Wildman–Crippen LogP) is 4.73. The van der Waals surface area contributed by atoms with Crippen LogP contribution in [0.2, 0.25) is 0 Å². The van der Waals surface area contributed by atoms with Crippen LogP contribution in [0, 0.1) is 7.43 Å². The Labute approximate surface area is 136 Å². The van der Waals surface area contributed by atoms with Crippen molar-refractivity contribution in [3.63, 3.8) is 0 Å². The number of hydrogen-bond acceptors (Lipinski definition) is 0. The van der Waals surface area contributed by atoms with Gasteiger partial charge in [-0.1, -0.05) is 44.1 Å². The van der Waals surface area contributed by atoms with Crippen LogP contribution in [0.5, 0.6) is 0 Å². The first-order valence-corrected chi connectivity index (χ1v) is 6.09. The van der Waals surface area contributed by atoms with Crippen molar-refractivity contribution in [1.82, 2.24) is 0 Å². The molecule has 1 aliphatic carbocycles. The smallest absolute Gasteiger partial charge is 0.668 e. The maximum Gasteiger partial charge on any atom is 4.00 e. The summed E-state index contributed by atoms with van der Waals surface area (Å²) in [5.74, 6) is 0. The third-order valence-electron chi connectivity index (χ3n) is 1.78. The van der Waals surface area contributed by atoms with Crippen LogP contribution in [-0.2, 0) is 21.7 Å². The van der Waals surface area contributed by atoms with E-state index in [-0.39, 0.29) is 29.1 Å². The number of hydrogen-bond donors (Lipinski definition) is 0. The molecule has 0 aromatic heterocycles. The van der Waals surface area contributed by atoms with Gasteiger partial charge in [-0.05, 0) is 6.42 Å². The molecule has 3 nitrogen and oxygen atoms in total. The summed E-state index contributed by atoms with van der Waals surface area (Å²) in [7, 11) is 7.00. The normalized spacial score (nSPS) is 11.2. The third-order valence-corrected chi connectivity index (χ3v) is 1.78. The molecule has 0 fully saturated rings. The molecule has 0 heterocycles. The van der Waals surface area contributed by atoms with Crippen molar-refractivity contribution in [2.24, 2.45) is 0 Å². The molecular formula is C15H31N3Ti. The Morgan fingerprint density at radius 1 is 1.11 bits per heavy atom. The largest absolute Gasteiger partial charge is 4.00 e. The molecule has 1 rings (SSSR count). The van der Waals surface area contributed by atoms with Crippen LogP contribution in [0.1, 0.15) is 26.7 Å². The summed E-state index contributed by atoms with van der Waals surface area (Å²) in [4.78, 5) is 0. The van der Waals surface area contributed by atoms with E-state index in [4.69, 9.17) is 0 Å². The Balaban J connectivity index is -0.000000122. The van der Waals surface area contributed by atoms with Gasteiger partial charge < -0.3 is 23.4 Å². The second-order valence-corrected chi connectivity index (χ2v) is 4.10. The maximum absolute atomic E-state index is 4.42. The van der Waals surface area contributed by atoms with Crippen molar-refractivity contribution < 1.29 is 21.7 Å². The molecule has 0 unspecified atom stereocenters. The maximum atomic E-state index is 4.42. The van der Waals surface area contributed by atoms with Crippen molar-refractivity contribution in [3.8, 4) is 0 Å². The van der Waals surface area contributed by atoms with E-state index in [1.807, 2.05) is 0 Å². The molecule has 4 heteroatoms. The van der Waals surface area contributed by atoms with Gasteiger partial charge in [0.15, 0.2) is 0 Å². The summed E-state index contributed by atoms with van der Waals surface area (Å²) in [5.41, 5.74) is 1.52. The van der Waals surface area contributed by atoms with Crippen molar-refractivity contribution >= 4 is 0 Å². The second kappa shape index (κ2) is 23.2. The fourth-order valence-corrected chi connectivity index (χ4v) is 1.14. The summed E-state index contributed by atoms with van der Waals surface area (Å²) in [6.07, 6.45) is 8.82. The van der Waals surface area contributed by atoms with E-state index in [0.29, 0.717) is 6.04 Å². The van der Waals surface area contributed by atoms with Crippen LogP contribution in [0.25, 0.3) is 16.0 Å². The average molecular weight is 301 g/mol. The van der Waals surface area contributed by atoms with Crippen LogP contribution in [-0.4, -0.2) is 40.8 Å². The molecule has 0 aliphatic heterocycles. The molecule has 0 aromatic carbocycles. The summed E-state index contributed by atoms with van der Waals surface area (Å²) in [6.45, 7) is 5.24. The molecule has 0 spiro atoms. The van der Waals surface area contributed by atoms with E-state index in [9.17, 15) is 0 Å². The zero-order valence-corrected chi connectivity index (χ0v) is 15.3. The monoisotopic (exact) mass is 301 g/mol. The number of rotatable bonds is 4. The second-order valence-electron chi connectivity index (χ2n) is 4.10. The van der Waals surface area contributed by atoms with E-state index in [2.05, 4.69) is 48.0 Å². The van der Waals surface area contributed by atoms with Gasteiger partial charge in [-0.3, -0.25) is 0 Å². The third kappa shape index (κ3) is 27.3. The van der Waals surface area contributed by atoms with Crippen LogP contribution < -0.4 is 0 Å². The Hall–Kier alpha value is 0.0743. The molecule has 110 valence electrons. The molecule has 0 bridgehead atoms. The molecule has 0 saturated heterocycles. The van der Waals surface area contributed by atoms with Crippen molar-refractivity contribution in [1.29, 1.82) is 0 Å². The molecule has 0 saturated carbocycles.